The van der Waals surface area contributed by atoms with Crippen LogP contribution in [0.15, 0.2) is 33.9 Å². The molecule has 0 fully saturated rings. The van der Waals surface area contributed by atoms with Gasteiger partial charge in [0.2, 0.25) is 11.7 Å². The lowest BCUT2D eigenvalue weighted by molar-refractivity contribution is 0.378. The van der Waals surface area contributed by atoms with Crippen molar-refractivity contribution in [3.05, 3.63) is 47.2 Å². The maximum atomic E-state index is 13.6. The van der Waals surface area contributed by atoms with Crippen LogP contribution in [0.4, 0.5) is 10.2 Å². The number of rotatable bonds is 6. The highest BCUT2D eigenvalue weighted by atomic mass is 32.2. The molecule has 130 valence electrons. The minimum absolute atomic E-state index is 0.280. The number of anilines is 1. The van der Waals surface area contributed by atoms with Crippen molar-refractivity contribution >= 4 is 17.6 Å². The quantitative estimate of drug-likeness (QED) is 0.408. The Morgan fingerprint density at radius 2 is 2.00 bits per heavy atom. The van der Waals surface area contributed by atoms with Crippen molar-refractivity contribution in [3.63, 3.8) is 0 Å². The maximum Gasteiger partial charge on any atom is 0.226 e. The Labute approximate surface area is 149 Å². The van der Waals surface area contributed by atoms with Crippen LogP contribution in [0.3, 0.4) is 0 Å². The summed E-state index contributed by atoms with van der Waals surface area (Å²) in [7, 11) is 0. The zero-order chi connectivity index (χ0) is 17.8. The molecule has 2 heterocycles. The van der Waals surface area contributed by atoms with Gasteiger partial charge in [-0.3, -0.25) is 0 Å². The molecular weight excluding hydrogens is 341 g/mol. The summed E-state index contributed by atoms with van der Waals surface area (Å²) in [5.74, 6) is 1.93. The highest BCUT2D eigenvalue weighted by Crippen LogP contribution is 2.20. The number of hydrogen-bond donors (Lipinski definition) is 1. The van der Waals surface area contributed by atoms with Crippen molar-refractivity contribution in [1.82, 2.24) is 20.1 Å². The van der Waals surface area contributed by atoms with Gasteiger partial charge in [-0.05, 0) is 31.9 Å². The van der Waals surface area contributed by atoms with Crippen LogP contribution in [-0.4, -0.2) is 25.9 Å². The summed E-state index contributed by atoms with van der Waals surface area (Å²) in [6.07, 6.45) is 1.46. The van der Waals surface area contributed by atoms with Gasteiger partial charge < -0.3 is 10.3 Å². The molecular formula is C17H18FN5OS. The van der Waals surface area contributed by atoms with Crippen LogP contribution in [0, 0.1) is 19.7 Å². The second-order valence-electron chi connectivity index (χ2n) is 5.64. The fraction of sp³-hybridized carbons (Fsp3) is 0.294. The first-order valence-electron chi connectivity index (χ1n) is 7.84. The zero-order valence-electron chi connectivity index (χ0n) is 14.0. The van der Waals surface area contributed by atoms with Gasteiger partial charge in [0.05, 0.1) is 0 Å². The van der Waals surface area contributed by atoms with Crippen LogP contribution in [0.1, 0.15) is 23.6 Å². The molecule has 0 aliphatic heterocycles. The summed E-state index contributed by atoms with van der Waals surface area (Å²) in [5.41, 5.74) is 7.75. The van der Waals surface area contributed by atoms with Crippen LogP contribution in [-0.2, 0) is 6.42 Å². The van der Waals surface area contributed by atoms with Crippen molar-refractivity contribution in [3.8, 4) is 11.4 Å². The molecule has 3 aromatic rings. The Morgan fingerprint density at radius 3 is 2.76 bits per heavy atom. The lowest BCUT2D eigenvalue weighted by atomic mass is 10.1. The molecule has 2 aromatic heterocycles. The number of nitrogens with zero attached hydrogens (tertiary/aromatic N) is 4. The summed E-state index contributed by atoms with van der Waals surface area (Å²) >= 11 is 1.53. The number of halogens is 1. The third-order valence-corrected chi connectivity index (χ3v) is 4.45. The highest BCUT2D eigenvalue weighted by molar-refractivity contribution is 7.99. The monoisotopic (exact) mass is 359 g/mol. The lowest BCUT2D eigenvalue weighted by Gasteiger charge is -2.01. The van der Waals surface area contributed by atoms with Gasteiger partial charge >= 0.3 is 0 Å². The Hall–Kier alpha value is -2.48. The number of nitrogens with two attached hydrogens (primary N) is 1. The molecule has 8 heteroatoms. The number of benzene rings is 1. The average molecular weight is 359 g/mol. The molecule has 0 bridgehead atoms. The number of hydrogen-bond acceptors (Lipinski definition) is 7. The van der Waals surface area contributed by atoms with E-state index in [0.29, 0.717) is 40.2 Å². The van der Waals surface area contributed by atoms with E-state index in [0.717, 1.165) is 17.9 Å². The maximum absolute atomic E-state index is 13.6. The molecule has 2 N–H and O–H groups in total. The van der Waals surface area contributed by atoms with E-state index in [1.807, 2.05) is 6.92 Å². The Kier molecular flexibility index (Phi) is 5.28. The molecule has 3 rings (SSSR count). The van der Waals surface area contributed by atoms with E-state index in [2.05, 4.69) is 20.1 Å². The van der Waals surface area contributed by atoms with Gasteiger partial charge in [0.1, 0.15) is 11.6 Å². The molecule has 0 aliphatic rings. The van der Waals surface area contributed by atoms with Gasteiger partial charge in [-0.15, -0.1) is 0 Å². The second kappa shape index (κ2) is 7.60. The first-order valence-corrected chi connectivity index (χ1v) is 8.83. The first kappa shape index (κ1) is 17.3. The SMILES string of the molecule is Cc1cc(N)nc(SCCCc2nc(-c3ccc(C)c(F)c3)no2)n1. The molecule has 0 spiro atoms. The Balaban J connectivity index is 1.54. The summed E-state index contributed by atoms with van der Waals surface area (Å²) < 4.78 is 18.9. The predicted octanol–water partition coefficient (Wildman–Crippen LogP) is 3.59. The highest BCUT2D eigenvalue weighted by Gasteiger charge is 2.10. The summed E-state index contributed by atoms with van der Waals surface area (Å²) in [5, 5.41) is 4.58. The number of aromatic nitrogens is 4. The number of thioether (sulfide) groups is 1. The molecule has 0 aliphatic carbocycles. The molecule has 0 saturated carbocycles. The van der Waals surface area contributed by atoms with Crippen molar-refractivity contribution in [1.29, 1.82) is 0 Å². The van der Waals surface area contributed by atoms with Crippen LogP contribution >= 0.6 is 11.8 Å². The molecule has 0 amide bonds. The molecule has 0 radical (unpaired) electrons. The van der Waals surface area contributed by atoms with Gasteiger partial charge in [0, 0.05) is 29.5 Å². The third-order valence-electron chi connectivity index (χ3n) is 3.52. The lowest BCUT2D eigenvalue weighted by Crippen LogP contribution is -1.97. The molecule has 0 saturated heterocycles. The number of nitrogen functional groups attached to an aromatic ring is 1. The minimum Gasteiger partial charge on any atom is -0.384 e. The molecule has 0 unspecified atom stereocenters. The van der Waals surface area contributed by atoms with Gasteiger partial charge in [0.15, 0.2) is 5.16 Å². The second-order valence-corrected chi connectivity index (χ2v) is 6.71. The van der Waals surface area contributed by atoms with Crippen LogP contribution in [0.2, 0.25) is 0 Å². The number of aryl methyl sites for hydroxylation is 3. The van der Waals surface area contributed by atoms with Crippen LogP contribution in [0.5, 0.6) is 0 Å². The average Bonchev–Trinajstić information content (AvgIpc) is 3.02. The van der Waals surface area contributed by atoms with Gasteiger partial charge in [-0.1, -0.05) is 29.1 Å². The molecule has 25 heavy (non-hydrogen) atoms. The molecule has 0 atom stereocenters. The largest absolute Gasteiger partial charge is 0.384 e. The fourth-order valence-electron chi connectivity index (χ4n) is 2.22. The van der Waals surface area contributed by atoms with Gasteiger partial charge in [-0.2, -0.15) is 4.98 Å². The van der Waals surface area contributed by atoms with Gasteiger partial charge in [0.25, 0.3) is 0 Å². The van der Waals surface area contributed by atoms with Crippen LogP contribution < -0.4 is 5.73 Å². The van der Waals surface area contributed by atoms with Crippen LogP contribution in [0.25, 0.3) is 11.4 Å². The van der Waals surface area contributed by atoms with Crippen molar-refractivity contribution in [2.45, 2.75) is 31.8 Å². The normalized spacial score (nSPS) is 11.0. The summed E-state index contributed by atoms with van der Waals surface area (Å²) in [6.45, 7) is 3.60. The topological polar surface area (TPSA) is 90.7 Å². The van der Waals surface area contributed by atoms with Gasteiger partial charge in [-0.25, -0.2) is 14.4 Å². The molecule has 1 aromatic carbocycles. The van der Waals surface area contributed by atoms with Crippen molar-refractivity contribution in [2.75, 3.05) is 11.5 Å². The van der Waals surface area contributed by atoms with Crippen molar-refractivity contribution in [2.24, 2.45) is 0 Å². The van der Waals surface area contributed by atoms with E-state index in [-0.39, 0.29) is 5.82 Å². The molecule has 6 nitrogen and oxygen atoms in total. The Morgan fingerprint density at radius 1 is 1.16 bits per heavy atom. The minimum atomic E-state index is -0.280. The first-order chi connectivity index (χ1) is 12.0. The smallest absolute Gasteiger partial charge is 0.226 e. The fourth-order valence-corrected chi connectivity index (χ4v) is 3.07. The summed E-state index contributed by atoms with van der Waals surface area (Å²) in [4.78, 5) is 12.8. The standard InChI is InChI=1S/C17H18FN5OS/c1-10-5-6-12(9-13(10)18)16-22-15(24-23-16)4-3-7-25-17-20-11(2)8-14(19)21-17/h5-6,8-9H,3-4,7H2,1-2H3,(H2,19,20,21). The zero-order valence-corrected chi connectivity index (χ0v) is 14.8. The Bertz CT molecular complexity index is 863. The van der Waals surface area contributed by atoms with E-state index in [1.165, 1.54) is 17.8 Å². The van der Waals surface area contributed by atoms with E-state index < -0.39 is 0 Å². The van der Waals surface area contributed by atoms with E-state index in [1.54, 1.807) is 25.1 Å². The van der Waals surface area contributed by atoms with E-state index >= 15 is 0 Å². The van der Waals surface area contributed by atoms with E-state index in [4.69, 9.17) is 10.3 Å². The van der Waals surface area contributed by atoms with Crippen molar-refractivity contribution < 1.29 is 8.91 Å². The summed E-state index contributed by atoms with van der Waals surface area (Å²) in [6, 6.07) is 6.63. The van der Waals surface area contributed by atoms with E-state index in [9.17, 15) is 4.39 Å². The predicted molar refractivity (Wildman–Crippen MR) is 94.7 cm³/mol. The third kappa shape index (κ3) is 4.54.